The van der Waals surface area contributed by atoms with Gasteiger partial charge in [-0.3, -0.25) is 0 Å². The van der Waals surface area contributed by atoms with Gasteiger partial charge < -0.3 is 10.6 Å². The molecule has 150 valence electrons. The predicted octanol–water partition coefficient (Wildman–Crippen LogP) is 7.00. The Morgan fingerprint density at radius 2 is 0.906 bits per heavy atom. The minimum atomic E-state index is 0.844. The van der Waals surface area contributed by atoms with Gasteiger partial charge in [0.1, 0.15) is 11.7 Å². The van der Waals surface area contributed by atoms with E-state index in [1.54, 1.807) is 0 Å². The van der Waals surface area contributed by atoms with E-state index in [1.807, 2.05) is 0 Å². The average molecular weight is 410 g/mol. The third-order valence-corrected chi connectivity index (χ3v) is 6.15. The molecule has 32 heavy (non-hydrogen) atoms. The fourth-order valence-electron chi connectivity index (χ4n) is 4.68. The highest BCUT2D eigenvalue weighted by molar-refractivity contribution is 6.21. The number of rotatable bonds is 2. The highest BCUT2D eigenvalue weighted by atomic mass is 15.0. The molecule has 0 bridgehead atoms. The van der Waals surface area contributed by atoms with Crippen LogP contribution in [0.25, 0.3) is 21.5 Å². The van der Waals surface area contributed by atoms with Crippen LogP contribution in [-0.4, -0.2) is 11.7 Å². The van der Waals surface area contributed by atoms with E-state index in [1.165, 1.54) is 10.8 Å². The SMILES string of the molecule is c1cc(C2=Nc3cccc4cccc(c34)N2)cc(C2=Nc3cccc4cccc(c34)N2)c1. The maximum atomic E-state index is 4.93. The zero-order valence-electron chi connectivity index (χ0n) is 17.1. The Morgan fingerprint density at radius 1 is 0.469 bits per heavy atom. The molecule has 0 aliphatic carbocycles. The van der Waals surface area contributed by atoms with Crippen LogP contribution in [0.3, 0.4) is 0 Å². The molecule has 2 N–H and O–H groups in total. The molecule has 0 saturated heterocycles. The Labute approximate surface area is 185 Å². The molecule has 0 atom stereocenters. The van der Waals surface area contributed by atoms with Crippen molar-refractivity contribution in [1.29, 1.82) is 0 Å². The third-order valence-electron chi connectivity index (χ3n) is 6.15. The highest BCUT2D eigenvalue weighted by Crippen LogP contribution is 2.38. The molecule has 0 amide bonds. The van der Waals surface area contributed by atoms with Crippen LogP contribution in [0.15, 0.2) is 107 Å². The van der Waals surface area contributed by atoms with Crippen LogP contribution >= 0.6 is 0 Å². The van der Waals surface area contributed by atoms with Crippen molar-refractivity contribution in [2.75, 3.05) is 10.6 Å². The smallest absolute Gasteiger partial charge is 0.138 e. The summed E-state index contributed by atoms with van der Waals surface area (Å²) in [4.78, 5) is 9.87. The monoisotopic (exact) mass is 410 g/mol. The van der Waals surface area contributed by atoms with Gasteiger partial charge in [0.2, 0.25) is 0 Å². The lowest BCUT2D eigenvalue weighted by atomic mass is 10.0. The molecule has 2 heterocycles. The summed E-state index contributed by atoms with van der Waals surface area (Å²) in [6.07, 6.45) is 0. The molecule has 5 aromatic rings. The maximum Gasteiger partial charge on any atom is 0.138 e. The van der Waals surface area contributed by atoms with E-state index < -0.39 is 0 Å². The van der Waals surface area contributed by atoms with E-state index in [4.69, 9.17) is 9.98 Å². The summed E-state index contributed by atoms with van der Waals surface area (Å²) in [5, 5.41) is 11.8. The van der Waals surface area contributed by atoms with E-state index in [2.05, 4.69) is 108 Å². The first-order valence-corrected chi connectivity index (χ1v) is 10.7. The van der Waals surface area contributed by atoms with Crippen LogP contribution < -0.4 is 10.6 Å². The minimum Gasteiger partial charge on any atom is -0.339 e. The Balaban J connectivity index is 1.33. The van der Waals surface area contributed by atoms with E-state index in [9.17, 15) is 0 Å². The van der Waals surface area contributed by atoms with Gasteiger partial charge in [0, 0.05) is 33.3 Å². The first-order valence-electron chi connectivity index (χ1n) is 10.7. The Kier molecular flexibility index (Phi) is 3.52. The lowest BCUT2D eigenvalue weighted by Gasteiger charge is -2.21. The van der Waals surface area contributed by atoms with Gasteiger partial charge in [-0.15, -0.1) is 0 Å². The van der Waals surface area contributed by atoms with Crippen molar-refractivity contribution in [1.82, 2.24) is 0 Å². The van der Waals surface area contributed by atoms with Crippen LogP contribution in [0.2, 0.25) is 0 Å². The zero-order valence-corrected chi connectivity index (χ0v) is 17.1. The Hall–Kier alpha value is -4.44. The topological polar surface area (TPSA) is 48.8 Å². The molecule has 0 radical (unpaired) electrons. The molecule has 4 heteroatoms. The fourth-order valence-corrected chi connectivity index (χ4v) is 4.68. The van der Waals surface area contributed by atoms with Crippen molar-refractivity contribution in [2.45, 2.75) is 0 Å². The largest absolute Gasteiger partial charge is 0.339 e. The first-order chi connectivity index (χ1) is 15.8. The zero-order chi connectivity index (χ0) is 21.1. The van der Waals surface area contributed by atoms with Gasteiger partial charge in [-0.25, -0.2) is 9.98 Å². The number of hydrogen-bond acceptors (Lipinski definition) is 4. The van der Waals surface area contributed by atoms with E-state index in [-0.39, 0.29) is 0 Å². The molecule has 2 aliphatic heterocycles. The lowest BCUT2D eigenvalue weighted by Crippen LogP contribution is -2.19. The van der Waals surface area contributed by atoms with Crippen molar-refractivity contribution in [3.05, 3.63) is 108 Å². The van der Waals surface area contributed by atoms with Gasteiger partial charge in [-0.05, 0) is 41.1 Å². The number of nitrogens with one attached hydrogen (secondary N) is 2. The van der Waals surface area contributed by atoms with Gasteiger partial charge in [0.05, 0.1) is 11.4 Å². The second kappa shape index (κ2) is 6.53. The molecule has 0 fully saturated rings. The second-order valence-electron chi connectivity index (χ2n) is 8.11. The molecule has 0 spiro atoms. The fraction of sp³-hybridized carbons (Fsp3) is 0. The van der Waals surface area contributed by atoms with Gasteiger partial charge >= 0.3 is 0 Å². The second-order valence-corrected chi connectivity index (χ2v) is 8.11. The number of anilines is 2. The van der Waals surface area contributed by atoms with Gasteiger partial charge in [0.25, 0.3) is 0 Å². The van der Waals surface area contributed by atoms with E-state index in [0.29, 0.717) is 0 Å². The lowest BCUT2D eigenvalue weighted by molar-refractivity contribution is 1.44. The first kappa shape index (κ1) is 17.3. The average Bonchev–Trinajstić information content (AvgIpc) is 2.85. The summed E-state index contributed by atoms with van der Waals surface area (Å²) < 4.78 is 0. The number of nitrogens with zero attached hydrogens (tertiary/aromatic N) is 2. The minimum absolute atomic E-state index is 0.844. The van der Waals surface area contributed by atoms with Crippen LogP contribution in [0.4, 0.5) is 22.7 Å². The predicted molar refractivity (Wildman–Crippen MR) is 134 cm³/mol. The summed E-state index contributed by atoms with van der Waals surface area (Å²) in [5.41, 5.74) is 6.20. The molecule has 0 aromatic heterocycles. The Bertz CT molecular complexity index is 1500. The van der Waals surface area contributed by atoms with Crippen LogP contribution in [-0.2, 0) is 0 Å². The van der Waals surface area contributed by atoms with Crippen LogP contribution in [0.1, 0.15) is 11.1 Å². The molecule has 5 aromatic carbocycles. The molecule has 4 nitrogen and oxygen atoms in total. The van der Waals surface area contributed by atoms with E-state index >= 15 is 0 Å². The van der Waals surface area contributed by atoms with Crippen molar-refractivity contribution in [2.24, 2.45) is 9.98 Å². The number of aliphatic imine (C=N–C) groups is 2. The van der Waals surface area contributed by atoms with Gasteiger partial charge in [-0.2, -0.15) is 0 Å². The summed E-state index contributed by atoms with van der Waals surface area (Å²) in [5.74, 6) is 1.69. The van der Waals surface area contributed by atoms with Crippen molar-refractivity contribution >= 4 is 56.0 Å². The van der Waals surface area contributed by atoms with Gasteiger partial charge in [0.15, 0.2) is 0 Å². The standard InChI is InChI=1S/C28H18N4/c1-10-19(27-29-21-12-2-6-17-7-3-13-22(30-27)25(17)21)16-20(11-1)28-31-23-14-4-8-18-9-5-15-24(32-28)26(18)23/h1-16H,(H,29,30)(H,31,32). The molecular weight excluding hydrogens is 392 g/mol. The maximum absolute atomic E-state index is 4.93. The van der Waals surface area contributed by atoms with Crippen molar-refractivity contribution < 1.29 is 0 Å². The summed E-state index contributed by atoms with van der Waals surface area (Å²) >= 11 is 0. The Morgan fingerprint density at radius 3 is 1.41 bits per heavy atom. The van der Waals surface area contributed by atoms with Gasteiger partial charge in [-0.1, -0.05) is 66.7 Å². The number of amidine groups is 2. The van der Waals surface area contributed by atoms with Crippen LogP contribution in [0.5, 0.6) is 0 Å². The molecule has 2 aliphatic rings. The van der Waals surface area contributed by atoms with Crippen molar-refractivity contribution in [3.63, 3.8) is 0 Å². The molecule has 0 saturated carbocycles. The van der Waals surface area contributed by atoms with Crippen LogP contribution in [0, 0.1) is 0 Å². The number of hydrogen-bond donors (Lipinski definition) is 2. The summed E-state index contributed by atoms with van der Waals surface area (Å²) in [7, 11) is 0. The normalized spacial score (nSPS) is 13.9. The highest BCUT2D eigenvalue weighted by Gasteiger charge is 2.18. The third kappa shape index (κ3) is 2.56. The molecule has 7 rings (SSSR count). The molecule has 0 unspecified atom stereocenters. The summed E-state index contributed by atoms with van der Waals surface area (Å²) in [6.45, 7) is 0. The summed E-state index contributed by atoms with van der Waals surface area (Å²) in [6, 6.07) is 33.5. The van der Waals surface area contributed by atoms with Crippen molar-refractivity contribution in [3.8, 4) is 0 Å². The van der Waals surface area contributed by atoms with E-state index in [0.717, 1.165) is 56.3 Å². The number of benzene rings is 5. The molecular formula is C28H18N4. The quantitative estimate of drug-likeness (QED) is 0.329.